The summed E-state index contributed by atoms with van der Waals surface area (Å²) in [5.74, 6) is 0.876. The Kier molecular flexibility index (Phi) is 7.70. The maximum Gasteiger partial charge on any atom is 0.265 e. The summed E-state index contributed by atoms with van der Waals surface area (Å²) in [6.07, 6.45) is 1.04. The molecule has 0 spiro atoms. The van der Waals surface area contributed by atoms with Crippen molar-refractivity contribution in [2.45, 2.75) is 39.2 Å². The third kappa shape index (κ3) is 5.61. The zero-order valence-corrected chi connectivity index (χ0v) is 15.9. The lowest BCUT2D eigenvalue weighted by Crippen LogP contribution is -2.52. The van der Waals surface area contributed by atoms with Crippen LogP contribution in [0, 0.1) is 5.92 Å². The highest BCUT2D eigenvalue weighted by Crippen LogP contribution is 2.31. The van der Waals surface area contributed by atoms with Crippen LogP contribution >= 0.6 is 12.4 Å². The van der Waals surface area contributed by atoms with Gasteiger partial charge in [-0.3, -0.25) is 9.59 Å². The fraction of sp³-hybridized carbons (Fsp3) is 0.556. The quantitative estimate of drug-likeness (QED) is 0.770. The number of fused-ring (bicyclic) bond motifs is 1. The van der Waals surface area contributed by atoms with Crippen LogP contribution in [0.15, 0.2) is 24.3 Å². The summed E-state index contributed by atoms with van der Waals surface area (Å²) >= 11 is 0. The van der Waals surface area contributed by atoms with Crippen molar-refractivity contribution in [3.63, 3.8) is 0 Å². The maximum absolute atomic E-state index is 12.3. The van der Waals surface area contributed by atoms with Gasteiger partial charge >= 0.3 is 0 Å². The molecule has 1 unspecified atom stereocenters. The van der Waals surface area contributed by atoms with E-state index in [4.69, 9.17) is 10.5 Å². The van der Waals surface area contributed by atoms with Crippen molar-refractivity contribution >= 4 is 29.9 Å². The Balaban J connectivity index is 0.00000312. The van der Waals surface area contributed by atoms with Crippen molar-refractivity contribution in [3.8, 4) is 5.75 Å². The van der Waals surface area contributed by atoms with Gasteiger partial charge in [0.05, 0.1) is 5.69 Å². The number of carbonyl (C=O) groups excluding carboxylic acids is 2. The molecule has 25 heavy (non-hydrogen) atoms. The van der Waals surface area contributed by atoms with E-state index in [0.29, 0.717) is 30.4 Å². The van der Waals surface area contributed by atoms with E-state index in [1.165, 1.54) is 0 Å². The smallest absolute Gasteiger partial charge is 0.265 e. The molecule has 2 rings (SSSR count). The molecule has 1 heterocycles. The van der Waals surface area contributed by atoms with Crippen molar-refractivity contribution in [3.05, 3.63) is 24.3 Å². The van der Waals surface area contributed by atoms with Crippen LogP contribution in [0.25, 0.3) is 0 Å². The number of hydrogen-bond donors (Lipinski definition) is 2. The highest BCUT2D eigenvalue weighted by Gasteiger charge is 2.28. The van der Waals surface area contributed by atoms with Gasteiger partial charge in [-0.05, 0) is 31.4 Å². The normalized spacial score (nSPS) is 15.7. The van der Waals surface area contributed by atoms with Crippen LogP contribution in [0.3, 0.4) is 0 Å². The number of amides is 2. The molecule has 1 aliphatic heterocycles. The molecule has 0 aliphatic carbocycles. The predicted molar refractivity (Wildman–Crippen MR) is 101 cm³/mol. The van der Waals surface area contributed by atoms with Gasteiger partial charge in [0.2, 0.25) is 5.91 Å². The number of hydrogen-bond acceptors (Lipinski definition) is 4. The largest absolute Gasteiger partial charge is 0.482 e. The zero-order chi connectivity index (χ0) is 17.7. The molecule has 0 radical (unpaired) electrons. The Bertz CT molecular complexity index is 609. The fourth-order valence-corrected chi connectivity index (χ4v) is 3.10. The molecule has 1 aromatic carbocycles. The first kappa shape index (κ1) is 21.3. The highest BCUT2D eigenvalue weighted by molar-refractivity contribution is 5.98. The van der Waals surface area contributed by atoms with Crippen molar-refractivity contribution in [1.29, 1.82) is 0 Å². The van der Waals surface area contributed by atoms with Gasteiger partial charge in [0.25, 0.3) is 5.91 Å². The van der Waals surface area contributed by atoms with Gasteiger partial charge in [0.15, 0.2) is 6.61 Å². The fourth-order valence-electron chi connectivity index (χ4n) is 3.10. The van der Waals surface area contributed by atoms with Gasteiger partial charge in [-0.1, -0.05) is 26.0 Å². The molecular weight excluding hydrogens is 342 g/mol. The Morgan fingerprint density at radius 1 is 1.40 bits per heavy atom. The molecule has 6 nitrogen and oxygen atoms in total. The molecule has 0 fully saturated rings. The summed E-state index contributed by atoms with van der Waals surface area (Å²) < 4.78 is 5.41. The van der Waals surface area contributed by atoms with Crippen molar-refractivity contribution < 1.29 is 14.3 Å². The molecular formula is C18H28ClN3O3. The van der Waals surface area contributed by atoms with E-state index < -0.39 is 5.54 Å². The van der Waals surface area contributed by atoms with Crippen LogP contribution in [0.4, 0.5) is 5.69 Å². The summed E-state index contributed by atoms with van der Waals surface area (Å²) in [4.78, 5) is 26.0. The van der Waals surface area contributed by atoms with E-state index in [2.05, 4.69) is 19.2 Å². The number of benzene rings is 1. The minimum atomic E-state index is -0.418. The number of para-hydroxylation sites is 2. The van der Waals surface area contributed by atoms with Gasteiger partial charge in [-0.15, -0.1) is 12.4 Å². The Hall–Kier alpha value is -1.79. The summed E-state index contributed by atoms with van der Waals surface area (Å²) in [7, 11) is 0. The number of carbonyl (C=O) groups is 2. The molecule has 1 aromatic rings. The SMILES string of the molecule is CC(C)CC(C)(CN)NC(=O)CCN1C(=O)COc2ccccc21.Cl. The lowest BCUT2D eigenvalue weighted by molar-refractivity contribution is -0.123. The average molecular weight is 370 g/mol. The molecule has 2 amide bonds. The van der Waals surface area contributed by atoms with Crippen LogP contribution < -0.4 is 20.7 Å². The van der Waals surface area contributed by atoms with Gasteiger partial charge in [-0.2, -0.15) is 0 Å². The third-order valence-electron chi connectivity index (χ3n) is 4.12. The molecule has 0 saturated heterocycles. The summed E-state index contributed by atoms with van der Waals surface area (Å²) in [5, 5.41) is 3.02. The van der Waals surface area contributed by atoms with E-state index >= 15 is 0 Å². The lowest BCUT2D eigenvalue weighted by Gasteiger charge is -2.32. The monoisotopic (exact) mass is 369 g/mol. The Morgan fingerprint density at radius 3 is 2.72 bits per heavy atom. The highest BCUT2D eigenvalue weighted by atomic mass is 35.5. The van der Waals surface area contributed by atoms with Crippen LogP contribution in [-0.2, 0) is 9.59 Å². The third-order valence-corrected chi connectivity index (χ3v) is 4.12. The first-order chi connectivity index (χ1) is 11.3. The van der Waals surface area contributed by atoms with Gasteiger partial charge < -0.3 is 20.7 Å². The number of rotatable bonds is 7. The maximum atomic E-state index is 12.3. The number of nitrogens with two attached hydrogens (primary N) is 1. The van der Waals surface area contributed by atoms with Crippen LogP contribution in [-0.4, -0.2) is 37.0 Å². The molecule has 3 N–H and O–H groups in total. The van der Waals surface area contributed by atoms with Crippen LogP contribution in [0.2, 0.25) is 0 Å². The number of halogens is 1. The number of nitrogens with zero attached hydrogens (tertiary/aromatic N) is 1. The molecule has 1 aliphatic rings. The predicted octanol–water partition coefficient (Wildman–Crippen LogP) is 2.10. The molecule has 140 valence electrons. The van der Waals surface area contributed by atoms with Crippen LogP contribution in [0.1, 0.15) is 33.6 Å². The Labute approximate surface area is 155 Å². The first-order valence-electron chi connectivity index (χ1n) is 8.38. The minimum Gasteiger partial charge on any atom is -0.482 e. The van der Waals surface area contributed by atoms with E-state index in [1.54, 1.807) is 4.90 Å². The minimum absolute atomic E-state index is 0. The zero-order valence-electron chi connectivity index (χ0n) is 15.1. The second-order valence-corrected chi connectivity index (χ2v) is 6.96. The van der Waals surface area contributed by atoms with E-state index in [1.807, 2.05) is 31.2 Å². The van der Waals surface area contributed by atoms with Gasteiger partial charge in [-0.25, -0.2) is 0 Å². The van der Waals surface area contributed by atoms with Gasteiger partial charge in [0, 0.05) is 25.0 Å². The second kappa shape index (κ2) is 9.06. The molecule has 0 aromatic heterocycles. The van der Waals surface area contributed by atoms with E-state index in [-0.39, 0.29) is 37.2 Å². The molecule has 0 saturated carbocycles. The van der Waals surface area contributed by atoms with Gasteiger partial charge in [0.1, 0.15) is 5.75 Å². The molecule has 7 heteroatoms. The van der Waals surface area contributed by atoms with Crippen molar-refractivity contribution in [2.75, 3.05) is 24.6 Å². The van der Waals surface area contributed by atoms with E-state index in [9.17, 15) is 9.59 Å². The van der Waals surface area contributed by atoms with E-state index in [0.717, 1.165) is 6.42 Å². The Morgan fingerprint density at radius 2 is 2.08 bits per heavy atom. The molecule has 0 bridgehead atoms. The molecule has 1 atom stereocenters. The second-order valence-electron chi connectivity index (χ2n) is 6.96. The lowest BCUT2D eigenvalue weighted by atomic mass is 9.90. The first-order valence-corrected chi connectivity index (χ1v) is 8.38. The summed E-state index contributed by atoms with van der Waals surface area (Å²) in [5.41, 5.74) is 6.13. The standard InChI is InChI=1S/C18H27N3O3.ClH/c1-13(2)10-18(3,12-19)20-16(22)8-9-21-14-6-4-5-7-15(14)24-11-17(21)23;/h4-7,13H,8-12,19H2,1-3H3,(H,20,22);1H. The number of ether oxygens (including phenoxy) is 1. The number of anilines is 1. The topological polar surface area (TPSA) is 84.7 Å². The summed E-state index contributed by atoms with van der Waals surface area (Å²) in [6, 6.07) is 7.36. The van der Waals surface area contributed by atoms with Crippen molar-refractivity contribution in [2.24, 2.45) is 11.7 Å². The van der Waals surface area contributed by atoms with Crippen LogP contribution in [0.5, 0.6) is 5.75 Å². The summed E-state index contributed by atoms with van der Waals surface area (Å²) in [6.45, 7) is 6.88. The van der Waals surface area contributed by atoms with Crippen molar-refractivity contribution in [1.82, 2.24) is 5.32 Å². The number of nitrogens with one attached hydrogen (secondary N) is 1. The average Bonchev–Trinajstić information content (AvgIpc) is 2.53.